The van der Waals surface area contributed by atoms with Crippen LogP contribution in [-0.2, 0) is 11.2 Å². The van der Waals surface area contributed by atoms with Gasteiger partial charge in [0.1, 0.15) is 0 Å². The van der Waals surface area contributed by atoms with Crippen molar-refractivity contribution < 1.29 is 9.90 Å². The molecule has 0 fully saturated rings. The van der Waals surface area contributed by atoms with Crippen LogP contribution in [-0.4, -0.2) is 17.6 Å². The minimum atomic E-state index is -0.696. The highest BCUT2D eigenvalue weighted by molar-refractivity contribution is 5.66. The third kappa shape index (κ3) is 14.1. The van der Waals surface area contributed by atoms with Crippen molar-refractivity contribution in [3.05, 3.63) is 48.0 Å². The summed E-state index contributed by atoms with van der Waals surface area (Å²) >= 11 is 0. The maximum Gasteiger partial charge on any atom is 0.303 e. The molecule has 2 atom stereocenters. The van der Waals surface area contributed by atoms with E-state index in [-0.39, 0.29) is 6.42 Å². The van der Waals surface area contributed by atoms with Gasteiger partial charge in [-0.3, -0.25) is 4.79 Å². The molecular formula is C26H43NO2. The second-order valence-electron chi connectivity index (χ2n) is 8.40. The molecule has 0 aliphatic heterocycles. The summed E-state index contributed by atoms with van der Waals surface area (Å²) in [5.74, 6) is 0.402. The van der Waals surface area contributed by atoms with E-state index in [0.29, 0.717) is 18.4 Å². The molecule has 0 aliphatic rings. The van der Waals surface area contributed by atoms with E-state index in [9.17, 15) is 4.79 Å². The van der Waals surface area contributed by atoms with Gasteiger partial charge in [0.25, 0.3) is 0 Å². The van der Waals surface area contributed by atoms with Crippen LogP contribution in [0.4, 0.5) is 0 Å². The van der Waals surface area contributed by atoms with Gasteiger partial charge in [-0.2, -0.15) is 0 Å². The van der Waals surface area contributed by atoms with Crippen molar-refractivity contribution in [1.82, 2.24) is 0 Å². The van der Waals surface area contributed by atoms with Gasteiger partial charge < -0.3 is 10.8 Å². The zero-order chi connectivity index (χ0) is 21.2. The molecule has 0 saturated heterocycles. The number of hydrogen-bond donors (Lipinski definition) is 2. The minimum Gasteiger partial charge on any atom is -0.481 e. The first-order valence-corrected chi connectivity index (χ1v) is 11.8. The molecule has 1 rings (SSSR count). The van der Waals surface area contributed by atoms with E-state index in [0.717, 1.165) is 38.5 Å². The Morgan fingerprint density at radius 1 is 0.966 bits per heavy atom. The Morgan fingerprint density at radius 3 is 2.41 bits per heavy atom. The van der Waals surface area contributed by atoms with E-state index in [1.165, 1.54) is 44.1 Å². The second-order valence-corrected chi connectivity index (χ2v) is 8.40. The number of hydrogen-bond acceptors (Lipinski definition) is 2. The molecule has 0 unspecified atom stereocenters. The van der Waals surface area contributed by atoms with Crippen LogP contribution in [0.5, 0.6) is 0 Å². The zero-order valence-electron chi connectivity index (χ0n) is 18.5. The second kappa shape index (κ2) is 17.3. The van der Waals surface area contributed by atoms with Crippen molar-refractivity contribution in [2.24, 2.45) is 17.6 Å². The summed E-state index contributed by atoms with van der Waals surface area (Å²) in [4.78, 5) is 10.9. The van der Waals surface area contributed by atoms with Crippen molar-refractivity contribution in [3.8, 4) is 0 Å². The Kier molecular flexibility index (Phi) is 15.1. The molecule has 0 spiro atoms. The lowest BCUT2D eigenvalue weighted by Crippen LogP contribution is -2.13. The molecule has 0 saturated carbocycles. The Bertz CT molecular complexity index is 541. The molecule has 0 amide bonds. The number of aliphatic carboxylic acids is 1. The van der Waals surface area contributed by atoms with E-state index in [1.54, 1.807) is 0 Å². The number of carboxylic acids is 1. The van der Waals surface area contributed by atoms with Crippen LogP contribution in [0.2, 0.25) is 0 Å². The maximum atomic E-state index is 10.9. The van der Waals surface area contributed by atoms with E-state index in [2.05, 4.69) is 49.4 Å². The Morgan fingerprint density at radius 2 is 1.72 bits per heavy atom. The van der Waals surface area contributed by atoms with Crippen molar-refractivity contribution in [1.29, 1.82) is 0 Å². The lowest BCUT2D eigenvalue weighted by Gasteiger charge is -2.20. The highest BCUT2D eigenvalue weighted by atomic mass is 16.4. The largest absolute Gasteiger partial charge is 0.481 e. The third-order valence-corrected chi connectivity index (χ3v) is 5.87. The first-order chi connectivity index (χ1) is 14.2. The number of allylic oxidation sites excluding steroid dienone is 2. The average Bonchev–Trinajstić information content (AvgIpc) is 2.73. The molecule has 29 heavy (non-hydrogen) atoms. The van der Waals surface area contributed by atoms with Gasteiger partial charge in [-0.1, -0.05) is 75.1 Å². The Hall–Kier alpha value is -1.61. The molecule has 1 aromatic carbocycles. The molecule has 0 radical (unpaired) electrons. The highest BCUT2D eigenvalue weighted by Crippen LogP contribution is 2.25. The minimum absolute atomic E-state index is 0.261. The summed E-state index contributed by atoms with van der Waals surface area (Å²) in [7, 11) is 0. The first-order valence-electron chi connectivity index (χ1n) is 11.8. The van der Waals surface area contributed by atoms with Gasteiger partial charge in [-0.15, -0.1) is 0 Å². The fourth-order valence-electron chi connectivity index (χ4n) is 3.96. The van der Waals surface area contributed by atoms with Gasteiger partial charge in [-0.25, -0.2) is 0 Å². The van der Waals surface area contributed by atoms with Crippen LogP contribution >= 0.6 is 0 Å². The predicted molar refractivity (Wildman–Crippen MR) is 124 cm³/mol. The quantitative estimate of drug-likeness (QED) is 0.211. The number of carbonyl (C=O) groups is 1. The number of carboxylic acid groups (broad SMARTS) is 1. The van der Waals surface area contributed by atoms with Crippen LogP contribution < -0.4 is 5.73 Å². The van der Waals surface area contributed by atoms with Crippen LogP contribution in [0.1, 0.15) is 89.5 Å². The maximum absolute atomic E-state index is 10.9. The highest BCUT2D eigenvalue weighted by Gasteiger charge is 2.14. The number of nitrogens with two attached hydrogens (primary N) is 1. The summed E-state index contributed by atoms with van der Waals surface area (Å²) in [5, 5.41) is 9.00. The normalized spacial score (nSPS) is 13.6. The van der Waals surface area contributed by atoms with Crippen LogP contribution in [0.3, 0.4) is 0 Å². The van der Waals surface area contributed by atoms with Gasteiger partial charge in [0.2, 0.25) is 0 Å². The Labute approximate surface area is 178 Å². The van der Waals surface area contributed by atoms with Gasteiger partial charge in [0, 0.05) is 6.42 Å². The lowest BCUT2D eigenvalue weighted by molar-refractivity contribution is -0.137. The summed E-state index contributed by atoms with van der Waals surface area (Å²) < 4.78 is 0. The van der Waals surface area contributed by atoms with Gasteiger partial charge in [-0.05, 0) is 75.3 Å². The molecule has 0 aliphatic carbocycles. The SMILES string of the molecule is CCCCCCC=CC[C@@H](CCc1ccccc1)CC[C@H](CCN)CCC(=O)O. The summed E-state index contributed by atoms with van der Waals surface area (Å²) in [6.07, 6.45) is 18.9. The molecule has 0 heterocycles. The van der Waals surface area contributed by atoms with Gasteiger partial charge >= 0.3 is 5.97 Å². The van der Waals surface area contributed by atoms with Crippen molar-refractivity contribution >= 4 is 5.97 Å². The predicted octanol–water partition coefficient (Wildman–Crippen LogP) is 6.76. The standard InChI is InChI=1S/C26H43NO2/c1-2-3-4-5-6-7-9-14-24(16-15-23-12-10-8-11-13-23)17-18-25(21-22-27)19-20-26(28)29/h7-13,24-25H,2-6,14-22,27H2,1H3,(H,28,29)/t24-,25-/m0/s1. The van der Waals surface area contributed by atoms with Gasteiger partial charge in [0.05, 0.1) is 0 Å². The van der Waals surface area contributed by atoms with Crippen molar-refractivity contribution in [2.45, 2.75) is 90.4 Å². The first kappa shape index (κ1) is 25.4. The molecular weight excluding hydrogens is 358 g/mol. The summed E-state index contributed by atoms with van der Waals surface area (Å²) in [5.41, 5.74) is 7.17. The van der Waals surface area contributed by atoms with Crippen LogP contribution in [0, 0.1) is 11.8 Å². The zero-order valence-corrected chi connectivity index (χ0v) is 18.5. The molecule has 164 valence electrons. The Balaban J connectivity index is 2.50. The van der Waals surface area contributed by atoms with Gasteiger partial charge in [0.15, 0.2) is 0 Å². The van der Waals surface area contributed by atoms with E-state index >= 15 is 0 Å². The summed E-state index contributed by atoms with van der Waals surface area (Å²) in [6, 6.07) is 10.7. The molecule has 1 aromatic rings. The van der Waals surface area contributed by atoms with Crippen LogP contribution in [0.15, 0.2) is 42.5 Å². The topological polar surface area (TPSA) is 63.3 Å². The number of rotatable bonds is 18. The van der Waals surface area contributed by atoms with E-state index in [4.69, 9.17) is 10.8 Å². The smallest absolute Gasteiger partial charge is 0.303 e. The molecule has 3 N–H and O–H groups in total. The number of aryl methyl sites for hydroxylation is 1. The lowest BCUT2D eigenvalue weighted by atomic mass is 9.86. The fourth-order valence-corrected chi connectivity index (χ4v) is 3.96. The monoisotopic (exact) mass is 401 g/mol. The third-order valence-electron chi connectivity index (χ3n) is 5.87. The summed E-state index contributed by atoms with van der Waals surface area (Å²) in [6.45, 7) is 2.90. The number of unbranched alkanes of at least 4 members (excludes halogenated alkanes) is 4. The average molecular weight is 402 g/mol. The van der Waals surface area contributed by atoms with Crippen molar-refractivity contribution in [2.75, 3.05) is 6.54 Å². The molecule has 0 aromatic heterocycles. The van der Waals surface area contributed by atoms with Crippen LogP contribution in [0.25, 0.3) is 0 Å². The van der Waals surface area contributed by atoms with E-state index in [1.807, 2.05) is 0 Å². The number of benzene rings is 1. The van der Waals surface area contributed by atoms with E-state index < -0.39 is 5.97 Å². The molecule has 3 heteroatoms. The van der Waals surface area contributed by atoms with Crippen molar-refractivity contribution in [3.63, 3.8) is 0 Å². The molecule has 3 nitrogen and oxygen atoms in total. The molecule has 0 bridgehead atoms. The fraction of sp³-hybridized carbons (Fsp3) is 0.654.